The first-order valence-corrected chi connectivity index (χ1v) is 11.3. The minimum Gasteiger partial charge on any atom is -0.461 e. The van der Waals surface area contributed by atoms with Gasteiger partial charge in [-0.15, -0.1) is 0 Å². The van der Waals surface area contributed by atoms with Crippen LogP contribution in [0.1, 0.15) is 19.4 Å². The molecule has 0 aliphatic heterocycles. The quantitative estimate of drug-likeness (QED) is 0.273. The van der Waals surface area contributed by atoms with Crippen molar-refractivity contribution >= 4 is 61.0 Å². The van der Waals surface area contributed by atoms with Crippen LogP contribution < -0.4 is 4.74 Å². The van der Waals surface area contributed by atoms with Gasteiger partial charge in [0.25, 0.3) is 0 Å². The second kappa shape index (κ2) is 8.55. The van der Waals surface area contributed by atoms with Crippen LogP contribution in [0, 0.1) is 17.3 Å². The first-order chi connectivity index (χ1) is 13.1. The van der Waals surface area contributed by atoms with Crippen LogP contribution in [0.5, 0.6) is 11.5 Å². The van der Waals surface area contributed by atoms with Gasteiger partial charge in [0, 0.05) is 0 Å². The molecule has 0 aromatic heterocycles. The fourth-order valence-electron chi connectivity index (χ4n) is 3.45. The van der Waals surface area contributed by atoms with Crippen LogP contribution in [0.3, 0.4) is 0 Å². The van der Waals surface area contributed by atoms with Gasteiger partial charge in [0.1, 0.15) is 18.1 Å². The fraction of sp³-hybridized carbons (Fsp3) is 0.381. The maximum absolute atomic E-state index is 12.6. The lowest BCUT2D eigenvalue weighted by Gasteiger charge is -2.20. The Morgan fingerprint density at radius 1 is 1.14 bits per heavy atom. The molecule has 0 amide bonds. The highest BCUT2D eigenvalue weighted by Crippen LogP contribution is 2.65. The SMILES string of the molecule is CC1(C)C([C@H](Br)C(Cl)(Cl)Br)[C@H]1C(=O)OCc1cccc(Oc2ccccc2)c1. The Labute approximate surface area is 191 Å². The lowest BCUT2D eigenvalue weighted by Crippen LogP contribution is -2.23. The summed E-state index contributed by atoms with van der Waals surface area (Å²) in [5.74, 6) is 0.900. The molecule has 0 N–H and O–H groups in total. The lowest BCUT2D eigenvalue weighted by atomic mass is 10.1. The van der Waals surface area contributed by atoms with Crippen LogP contribution in [-0.2, 0) is 16.1 Å². The highest BCUT2D eigenvalue weighted by atomic mass is 79.9. The number of hydrogen-bond acceptors (Lipinski definition) is 3. The predicted molar refractivity (Wildman–Crippen MR) is 120 cm³/mol. The van der Waals surface area contributed by atoms with Gasteiger partial charge in [0.2, 0.25) is 0 Å². The van der Waals surface area contributed by atoms with E-state index in [9.17, 15) is 4.79 Å². The number of hydrogen-bond donors (Lipinski definition) is 0. The molecule has 28 heavy (non-hydrogen) atoms. The van der Waals surface area contributed by atoms with E-state index in [2.05, 4.69) is 31.9 Å². The van der Waals surface area contributed by atoms with E-state index in [0.29, 0.717) is 5.75 Å². The minimum atomic E-state index is -1.15. The minimum absolute atomic E-state index is 0.0258. The molecule has 1 aliphatic rings. The first kappa shape index (κ1) is 21.9. The molecule has 1 unspecified atom stereocenters. The molecule has 1 aliphatic carbocycles. The van der Waals surface area contributed by atoms with Gasteiger partial charge in [-0.3, -0.25) is 4.79 Å². The van der Waals surface area contributed by atoms with E-state index in [1.807, 2.05) is 68.4 Å². The molecule has 0 saturated heterocycles. The largest absolute Gasteiger partial charge is 0.461 e. The van der Waals surface area contributed by atoms with Gasteiger partial charge in [-0.2, -0.15) is 0 Å². The maximum Gasteiger partial charge on any atom is 0.310 e. The molecule has 0 bridgehead atoms. The number of benzene rings is 2. The Balaban J connectivity index is 1.60. The Hall–Kier alpha value is -0.750. The zero-order valence-corrected chi connectivity index (χ0v) is 20.1. The molecule has 1 fully saturated rings. The molecular weight excluding hydrogens is 531 g/mol. The van der Waals surface area contributed by atoms with Crippen LogP contribution >= 0.6 is 55.1 Å². The number of para-hydroxylation sites is 1. The zero-order valence-electron chi connectivity index (χ0n) is 15.4. The molecule has 3 nitrogen and oxygen atoms in total. The highest BCUT2D eigenvalue weighted by Gasteiger charge is 2.67. The second-order valence-corrected chi connectivity index (χ2v) is 12.0. The van der Waals surface area contributed by atoms with E-state index in [1.165, 1.54) is 0 Å². The number of carbonyl (C=O) groups is 1. The van der Waals surface area contributed by atoms with Crippen molar-refractivity contribution in [2.24, 2.45) is 17.3 Å². The van der Waals surface area contributed by atoms with Crippen molar-refractivity contribution in [1.82, 2.24) is 0 Å². The Bertz CT molecular complexity index is 837. The summed E-state index contributed by atoms with van der Waals surface area (Å²) in [6.07, 6.45) is 0. The summed E-state index contributed by atoms with van der Waals surface area (Å²) < 4.78 is 10.2. The number of halogens is 4. The molecule has 2 aromatic carbocycles. The van der Waals surface area contributed by atoms with Crippen molar-refractivity contribution in [2.45, 2.75) is 28.5 Å². The number of esters is 1. The fourth-order valence-corrected chi connectivity index (χ4v) is 4.99. The van der Waals surface area contributed by atoms with Gasteiger partial charge in [-0.1, -0.05) is 83.3 Å². The van der Waals surface area contributed by atoms with E-state index < -0.39 is 3.24 Å². The third-order valence-corrected chi connectivity index (χ3v) is 8.41. The summed E-state index contributed by atoms with van der Waals surface area (Å²) in [5, 5.41) is 0. The lowest BCUT2D eigenvalue weighted by molar-refractivity contribution is -0.147. The molecule has 1 saturated carbocycles. The average molecular weight is 551 g/mol. The summed E-state index contributed by atoms with van der Waals surface area (Å²) >= 11 is 19.0. The maximum atomic E-state index is 12.6. The van der Waals surface area contributed by atoms with Gasteiger partial charge in [-0.05, 0) is 57.1 Å². The molecule has 0 heterocycles. The van der Waals surface area contributed by atoms with Crippen LogP contribution in [0.25, 0.3) is 0 Å². The van der Waals surface area contributed by atoms with E-state index in [4.69, 9.17) is 32.7 Å². The molecule has 0 radical (unpaired) electrons. The zero-order chi connectivity index (χ0) is 20.5. The van der Waals surface area contributed by atoms with Crippen molar-refractivity contribution in [3.63, 3.8) is 0 Å². The predicted octanol–water partition coefficient (Wildman–Crippen LogP) is 7.08. The third kappa shape index (κ3) is 5.05. The molecule has 2 aromatic rings. The second-order valence-electron chi connectivity index (χ2n) is 7.44. The highest BCUT2D eigenvalue weighted by molar-refractivity contribution is 9.13. The van der Waals surface area contributed by atoms with E-state index in [0.717, 1.165) is 11.3 Å². The summed E-state index contributed by atoms with van der Waals surface area (Å²) in [7, 11) is 0. The Morgan fingerprint density at radius 3 is 2.43 bits per heavy atom. The molecule has 3 rings (SSSR count). The summed E-state index contributed by atoms with van der Waals surface area (Å²) in [6.45, 7) is 4.20. The summed E-state index contributed by atoms with van der Waals surface area (Å²) in [4.78, 5) is 12.4. The number of rotatable bonds is 7. The number of ether oxygens (including phenoxy) is 2. The number of carbonyl (C=O) groups excluding carboxylic acids is 1. The Kier molecular flexibility index (Phi) is 6.70. The monoisotopic (exact) mass is 548 g/mol. The smallest absolute Gasteiger partial charge is 0.310 e. The van der Waals surface area contributed by atoms with Crippen molar-refractivity contribution < 1.29 is 14.3 Å². The summed E-state index contributed by atoms with van der Waals surface area (Å²) in [5.41, 5.74) is 0.614. The van der Waals surface area contributed by atoms with Crippen molar-refractivity contribution in [2.75, 3.05) is 0 Å². The summed E-state index contributed by atoms with van der Waals surface area (Å²) in [6, 6.07) is 17.0. The molecule has 7 heteroatoms. The van der Waals surface area contributed by atoms with E-state index in [1.54, 1.807) is 0 Å². The van der Waals surface area contributed by atoms with E-state index >= 15 is 0 Å². The molecular formula is C21H20Br2Cl2O3. The molecule has 0 spiro atoms. The van der Waals surface area contributed by atoms with Crippen LogP contribution in [0.2, 0.25) is 0 Å². The van der Waals surface area contributed by atoms with Crippen LogP contribution in [0.4, 0.5) is 0 Å². The topological polar surface area (TPSA) is 35.5 Å². The molecule has 150 valence electrons. The van der Waals surface area contributed by atoms with Gasteiger partial charge < -0.3 is 9.47 Å². The van der Waals surface area contributed by atoms with E-state index in [-0.39, 0.29) is 34.7 Å². The third-order valence-electron chi connectivity index (χ3n) is 5.05. The van der Waals surface area contributed by atoms with Gasteiger partial charge >= 0.3 is 5.97 Å². The normalized spacial score (nSPS) is 21.6. The van der Waals surface area contributed by atoms with Crippen LogP contribution in [0.15, 0.2) is 54.6 Å². The van der Waals surface area contributed by atoms with Crippen molar-refractivity contribution in [1.29, 1.82) is 0 Å². The van der Waals surface area contributed by atoms with Crippen molar-refractivity contribution in [3.8, 4) is 11.5 Å². The van der Waals surface area contributed by atoms with Gasteiger partial charge in [-0.25, -0.2) is 0 Å². The van der Waals surface area contributed by atoms with Gasteiger partial charge in [0.05, 0.1) is 10.7 Å². The number of alkyl halides is 4. The van der Waals surface area contributed by atoms with Gasteiger partial charge in [0.15, 0.2) is 3.24 Å². The van der Waals surface area contributed by atoms with Crippen LogP contribution in [-0.4, -0.2) is 14.0 Å². The Morgan fingerprint density at radius 2 is 1.79 bits per heavy atom. The molecule has 3 atom stereocenters. The standard InChI is InChI=1S/C21H20Br2Cl2O3/c1-20(2)16(18(22)21(23,24)25)17(20)19(26)27-12-13-7-6-10-15(11-13)28-14-8-4-3-5-9-14/h3-11,16-18H,12H2,1-2H3/t16?,17-,18-/m0/s1. The van der Waals surface area contributed by atoms with Crippen molar-refractivity contribution in [3.05, 3.63) is 60.2 Å². The average Bonchev–Trinajstić information content (AvgIpc) is 3.21. The first-order valence-electron chi connectivity index (χ1n) is 8.80.